The number of para-hydroxylation sites is 2. The maximum atomic E-state index is 2.36. The zero-order chi connectivity index (χ0) is 10.7. The van der Waals surface area contributed by atoms with Gasteiger partial charge < -0.3 is 4.90 Å². The third kappa shape index (κ3) is 2.31. The molecule has 0 amide bonds. The van der Waals surface area contributed by atoms with Crippen LogP contribution in [0.2, 0.25) is 0 Å². The van der Waals surface area contributed by atoms with Crippen LogP contribution in [0, 0.1) is 3.57 Å². The molecule has 0 fully saturated rings. The van der Waals surface area contributed by atoms with E-state index >= 15 is 0 Å². The number of anilines is 2. The lowest BCUT2D eigenvalue weighted by Gasteiger charge is -2.20. The molecule has 0 saturated heterocycles. The third-order valence-electron chi connectivity index (χ3n) is 2.36. The number of nitrogens with zero attached hydrogens (tertiary/aromatic N) is 1. The molecule has 0 radical (unpaired) electrons. The SMILES string of the molecule is CN(c1ccccc1)c1ccccc1I. The summed E-state index contributed by atoms with van der Waals surface area (Å²) in [4.78, 5) is 2.20. The Morgan fingerprint density at radius 2 is 1.47 bits per heavy atom. The van der Waals surface area contributed by atoms with Crippen LogP contribution in [-0.4, -0.2) is 7.05 Å². The van der Waals surface area contributed by atoms with Gasteiger partial charge in [-0.1, -0.05) is 30.3 Å². The van der Waals surface area contributed by atoms with Crippen LogP contribution in [0.3, 0.4) is 0 Å². The van der Waals surface area contributed by atoms with Gasteiger partial charge in [0.2, 0.25) is 0 Å². The maximum absolute atomic E-state index is 2.36. The van der Waals surface area contributed by atoms with E-state index in [0.717, 1.165) is 0 Å². The van der Waals surface area contributed by atoms with E-state index in [4.69, 9.17) is 0 Å². The first-order valence-corrected chi connectivity index (χ1v) is 5.90. The molecular formula is C13H12IN. The average Bonchev–Trinajstić information content (AvgIpc) is 2.30. The molecule has 15 heavy (non-hydrogen) atoms. The summed E-state index contributed by atoms with van der Waals surface area (Å²) in [5.74, 6) is 0. The van der Waals surface area contributed by atoms with Gasteiger partial charge in [0.15, 0.2) is 0 Å². The highest BCUT2D eigenvalue weighted by molar-refractivity contribution is 14.1. The van der Waals surface area contributed by atoms with Gasteiger partial charge in [-0.2, -0.15) is 0 Å². The predicted octanol–water partition coefficient (Wildman–Crippen LogP) is 4.06. The van der Waals surface area contributed by atoms with Crippen LogP contribution >= 0.6 is 22.6 Å². The number of hydrogen-bond donors (Lipinski definition) is 0. The lowest BCUT2D eigenvalue weighted by molar-refractivity contribution is 1.20. The Morgan fingerprint density at radius 3 is 2.13 bits per heavy atom. The second kappa shape index (κ2) is 4.66. The fourth-order valence-electron chi connectivity index (χ4n) is 1.51. The van der Waals surface area contributed by atoms with Gasteiger partial charge in [0.25, 0.3) is 0 Å². The number of halogens is 1. The highest BCUT2D eigenvalue weighted by atomic mass is 127. The molecule has 2 aromatic carbocycles. The quantitative estimate of drug-likeness (QED) is 0.756. The van der Waals surface area contributed by atoms with E-state index in [1.807, 2.05) is 6.07 Å². The van der Waals surface area contributed by atoms with Crippen molar-refractivity contribution >= 4 is 34.0 Å². The van der Waals surface area contributed by atoms with Gasteiger partial charge in [0.1, 0.15) is 0 Å². The topological polar surface area (TPSA) is 3.24 Å². The summed E-state index contributed by atoms with van der Waals surface area (Å²) in [5, 5.41) is 0. The van der Waals surface area contributed by atoms with E-state index in [2.05, 4.69) is 83.1 Å². The van der Waals surface area contributed by atoms with Crippen LogP contribution in [0.4, 0.5) is 11.4 Å². The fourth-order valence-corrected chi connectivity index (χ4v) is 2.26. The Bertz CT molecular complexity index is 439. The molecule has 0 heterocycles. The molecule has 0 unspecified atom stereocenters. The van der Waals surface area contributed by atoms with Crippen molar-refractivity contribution in [1.29, 1.82) is 0 Å². The molecule has 0 bridgehead atoms. The number of benzene rings is 2. The smallest absolute Gasteiger partial charge is 0.0543 e. The summed E-state index contributed by atoms with van der Waals surface area (Å²) < 4.78 is 1.27. The fraction of sp³-hybridized carbons (Fsp3) is 0.0769. The van der Waals surface area contributed by atoms with Crippen molar-refractivity contribution in [3.8, 4) is 0 Å². The molecule has 0 saturated carbocycles. The van der Waals surface area contributed by atoms with Crippen molar-refractivity contribution < 1.29 is 0 Å². The predicted molar refractivity (Wildman–Crippen MR) is 73.7 cm³/mol. The molecule has 0 aliphatic heterocycles. The van der Waals surface area contributed by atoms with Crippen LogP contribution in [0.1, 0.15) is 0 Å². The zero-order valence-electron chi connectivity index (χ0n) is 8.52. The first-order chi connectivity index (χ1) is 7.29. The summed E-state index contributed by atoms with van der Waals surface area (Å²) in [6.45, 7) is 0. The van der Waals surface area contributed by atoms with Crippen LogP contribution in [-0.2, 0) is 0 Å². The van der Waals surface area contributed by atoms with E-state index in [0.29, 0.717) is 0 Å². The van der Waals surface area contributed by atoms with Crippen LogP contribution in [0.5, 0.6) is 0 Å². The second-order valence-electron chi connectivity index (χ2n) is 3.35. The first kappa shape index (κ1) is 10.5. The van der Waals surface area contributed by atoms with Gasteiger partial charge >= 0.3 is 0 Å². The third-order valence-corrected chi connectivity index (χ3v) is 3.27. The van der Waals surface area contributed by atoms with E-state index in [1.165, 1.54) is 14.9 Å². The van der Waals surface area contributed by atoms with E-state index in [1.54, 1.807) is 0 Å². The molecule has 0 atom stereocenters. The first-order valence-electron chi connectivity index (χ1n) is 4.82. The molecule has 1 nitrogen and oxygen atoms in total. The summed E-state index contributed by atoms with van der Waals surface area (Å²) in [6.07, 6.45) is 0. The lowest BCUT2D eigenvalue weighted by atomic mass is 10.2. The van der Waals surface area contributed by atoms with E-state index in [9.17, 15) is 0 Å². The van der Waals surface area contributed by atoms with Crippen molar-refractivity contribution in [2.45, 2.75) is 0 Å². The van der Waals surface area contributed by atoms with E-state index < -0.39 is 0 Å². The summed E-state index contributed by atoms with van der Waals surface area (Å²) >= 11 is 2.36. The molecule has 0 aliphatic rings. The van der Waals surface area contributed by atoms with Crippen molar-refractivity contribution in [2.24, 2.45) is 0 Å². The maximum Gasteiger partial charge on any atom is 0.0543 e. The molecule has 0 N–H and O–H groups in total. The van der Waals surface area contributed by atoms with E-state index in [-0.39, 0.29) is 0 Å². The monoisotopic (exact) mass is 309 g/mol. The van der Waals surface area contributed by atoms with Crippen LogP contribution in [0.25, 0.3) is 0 Å². The summed E-state index contributed by atoms with van der Waals surface area (Å²) in [6, 6.07) is 18.8. The minimum absolute atomic E-state index is 1.21. The van der Waals surface area contributed by atoms with Gasteiger partial charge in [-0.25, -0.2) is 0 Å². The lowest BCUT2D eigenvalue weighted by Crippen LogP contribution is -2.10. The molecule has 0 spiro atoms. The molecule has 2 aromatic rings. The standard InChI is InChI=1S/C13H12IN/c1-15(11-7-3-2-4-8-11)13-10-6-5-9-12(13)14/h2-10H,1H3. The molecule has 76 valence electrons. The normalized spacial score (nSPS) is 10.0. The Kier molecular flexibility index (Phi) is 3.26. The van der Waals surface area contributed by atoms with Gasteiger partial charge in [-0.05, 0) is 46.9 Å². The van der Waals surface area contributed by atoms with Crippen molar-refractivity contribution in [3.63, 3.8) is 0 Å². The average molecular weight is 309 g/mol. The highest BCUT2D eigenvalue weighted by Crippen LogP contribution is 2.27. The zero-order valence-corrected chi connectivity index (χ0v) is 10.7. The van der Waals surface area contributed by atoms with Crippen LogP contribution in [0.15, 0.2) is 54.6 Å². The van der Waals surface area contributed by atoms with Gasteiger partial charge in [-0.3, -0.25) is 0 Å². The van der Waals surface area contributed by atoms with Crippen molar-refractivity contribution in [2.75, 3.05) is 11.9 Å². The molecule has 0 aliphatic carbocycles. The summed E-state index contributed by atoms with van der Waals surface area (Å²) in [7, 11) is 2.09. The van der Waals surface area contributed by atoms with Crippen LogP contribution < -0.4 is 4.90 Å². The van der Waals surface area contributed by atoms with Gasteiger partial charge in [-0.15, -0.1) is 0 Å². The molecule has 0 aromatic heterocycles. The Morgan fingerprint density at radius 1 is 0.867 bits per heavy atom. The van der Waals surface area contributed by atoms with Crippen molar-refractivity contribution in [3.05, 3.63) is 58.2 Å². The molecule has 2 heteroatoms. The van der Waals surface area contributed by atoms with Gasteiger partial charge in [0, 0.05) is 16.3 Å². The summed E-state index contributed by atoms with van der Waals surface area (Å²) in [5.41, 5.74) is 2.45. The van der Waals surface area contributed by atoms with Gasteiger partial charge in [0.05, 0.1) is 5.69 Å². The Labute approximate surface area is 104 Å². The van der Waals surface area contributed by atoms with Crippen molar-refractivity contribution in [1.82, 2.24) is 0 Å². The Hall–Kier alpha value is -1.03. The minimum atomic E-state index is 1.21. The molecular weight excluding hydrogens is 297 g/mol. The minimum Gasteiger partial charge on any atom is -0.344 e. The molecule has 2 rings (SSSR count). The highest BCUT2D eigenvalue weighted by Gasteiger charge is 2.05. The number of hydrogen-bond acceptors (Lipinski definition) is 1. The largest absolute Gasteiger partial charge is 0.344 e. The number of rotatable bonds is 2. The Balaban J connectivity index is 2.37. The second-order valence-corrected chi connectivity index (χ2v) is 4.51.